The van der Waals surface area contributed by atoms with Crippen molar-refractivity contribution >= 4 is 17.2 Å². The van der Waals surface area contributed by atoms with Gasteiger partial charge < -0.3 is 14.5 Å². The predicted molar refractivity (Wildman–Crippen MR) is 98.1 cm³/mol. The van der Waals surface area contributed by atoms with Crippen LogP contribution in [0.1, 0.15) is 29.6 Å². The normalized spacial score (nSPS) is 11.9. The van der Waals surface area contributed by atoms with E-state index < -0.39 is 0 Å². The van der Waals surface area contributed by atoms with E-state index in [1.165, 1.54) is 11.3 Å². The number of carbonyl (C=O) groups is 1. The molecule has 3 rings (SSSR count). The zero-order chi connectivity index (χ0) is 17.6. The fraction of sp³-hybridized carbons (Fsp3) is 0.263. The van der Waals surface area contributed by atoms with Crippen LogP contribution in [0.25, 0.3) is 10.6 Å². The molecule has 0 radical (unpaired) electrons. The molecule has 1 amide bonds. The zero-order valence-corrected chi connectivity index (χ0v) is 15.0. The van der Waals surface area contributed by atoms with Gasteiger partial charge >= 0.3 is 0 Å². The Morgan fingerprint density at radius 2 is 2.12 bits per heavy atom. The quantitative estimate of drug-likeness (QED) is 0.690. The summed E-state index contributed by atoms with van der Waals surface area (Å²) in [4.78, 5) is 16.8. The molecule has 2 aromatic heterocycles. The van der Waals surface area contributed by atoms with Crippen LogP contribution in [0.2, 0.25) is 0 Å². The molecule has 130 valence electrons. The van der Waals surface area contributed by atoms with Crippen LogP contribution in [0.5, 0.6) is 5.75 Å². The molecule has 0 saturated carbocycles. The van der Waals surface area contributed by atoms with E-state index in [2.05, 4.69) is 10.3 Å². The van der Waals surface area contributed by atoms with Gasteiger partial charge in [-0.1, -0.05) is 0 Å². The third-order valence-corrected chi connectivity index (χ3v) is 4.75. The topological polar surface area (TPSA) is 64.4 Å². The highest BCUT2D eigenvalue weighted by Crippen LogP contribution is 2.25. The molecule has 0 aliphatic carbocycles. The zero-order valence-electron chi connectivity index (χ0n) is 14.2. The van der Waals surface area contributed by atoms with E-state index in [0.29, 0.717) is 5.69 Å². The first-order valence-electron chi connectivity index (χ1n) is 8.09. The first-order chi connectivity index (χ1) is 12.2. The minimum Gasteiger partial charge on any atom is -0.497 e. The second kappa shape index (κ2) is 7.98. The number of hydrogen-bond donors (Lipinski definition) is 1. The van der Waals surface area contributed by atoms with E-state index in [9.17, 15) is 4.79 Å². The predicted octanol–water partition coefficient (Wildman–Crippen LogP) is 4.16. The molecular formula is C19H20N2O3S. The Hall–Kier alpha value is -2.60. The number of benzene rings is 1. The highest BCUT2D eigenvalue weighted by molar-refractivity contribution is 7.13. The van der Waals surface area contributed by atoms with Crippen LogP contribution in [-0.4, -0.2) is 24.0 Å². The highest BCUT2D eigenvalue weighted by Gasteiger charge is 2.14. The van der Waals surface area contributed by atoms with Crippen LogP contribution in [0, 0.1) is 0 Å². The minimum absolute atomic E-state index is 0.0451. The van der Waals surface area contributed by atoms with Gasteiger partial charge in [-0.25, -0.2) is 4.98 Å². The van der Waals surface area contributed by atoms with Crippen molar-refractivity contribution < 1.29 is 13.9 Å². The second-order valence-electron chi connectivity index (χ2n) is 5.76. The fourth-order valence-corrected chi connectivity index (χ4v) is 3.23. The Bertz CT molecular complexity index is 810. The summed E-state index contributed by atoms with van der Waals surface area (Å²) < 4.78 is 10.5. The Labute approximate surface area is 150 Å². The molecule has 0 aliphatic rings. The van der Waals surface area contributed by atoms with E-state index in [1.807, 2.05) is 43.3 Å². The van der Waals surface area contributed by atoms with Crippen LogP contribution < -0.4 is 10.1 Å². The van der Waals surface area contributed by atoms with Gasteiger partial charge in [0.25, 0.3) is 5.91 Å². The summed E-state index contributed by atoms with van der Waals surface area (Å²) in [5.41, 5.74) is 1.41. The number of methoxy groups -OCH3 is 1. The molecule has 1 atom stereocenters. The standard InChI is InChI=1S/C19H20N2O3S/c1-13(5-8-16-4-3-11-24-16)20-18(22)17-12-25-19(21-17)14-6-9-15(23-2)10-7-14/h3-4,6-7,9-13H,5,8H2,1-2H3,(H,20,22). The molecule has 25 heavy (non-hydrogen) atoms. The molecule has 0 saturated heterocycles. The van der Waals surface area contributed by atoms with Crippen LogP contribution >= 0.6 is 11.3 Å². The van der Waals surface area contributed by atoms with Crippen LogP contribution in [0.15, 0.2) is 52.5 Å². The maximum atomic E-state index is 12.4. The maximum absolute atomic E-state index is 12.4. The van der Waals surface area contributed by atoms with Gasteiger partial charge in [-0.3, -0.25) is 4.79 Å². The lowest BCUT2D eigenvalue weighted by Gasteiger charge is -2.11. The van der Waals surface area contributed by atoms with Crippen molar-refractivity contribution in [3.8, 4) is 16.3 Å². The van der Waals surface area contributed by atoms with Gasteiger partial charge in [0, 0.05) is 23.4 Å². The monoisotopic (exact) mass is 356 g/mol. The number of furan rings is 1. The number of carbonyl (C=O) groups excluding carboxylic acids is 1. The van der Waals surface area contributed by atoms with Crippen molar-refractivity contribution in [2.45, 2.75) is 25.8 Å². The van der Waals surface area contributed by atoms with Crippen LogP contribution in [-0.2, 0) is 6.42 Å². The minimum atomic E-state index is -0.150. The number of aryl methyl sites for hydroxylation is 1. The van der Waals surface area contributed by atoms with Crippen molar-refractivity contribution in [1.29, 1.82) is 0 Å². The largest absolute Gasteiger partial charge is 0.497 e. The number of rotatable bonds is 7. The van der Waals surface area contributed by atoms with Crippen molar-refractivity contribution in [3.05, 3.63) is 59.5 Å². The summed E-state index contributed by atoms with van der Waals surface area (Å²) in [6.07, 6.45) is 3.27. The molecule has 0 bridgehead atoms. The summed E-state index contributed by atoms with van der Waals surface area (Å²) >= 11 is 1.46. The first-order valence-corrected chi connectivity index (χ1v) is 8.97. The van der Waals surface area contributed by atoms with Gasteiger partial charge in [0.05, 0.1) is 13.4 Å². The van der Waals surface area contributed by atoms with E-state index in [4.69, 9.17) is 9.15 Å². The van der Waals surface area contributed by atoms with Crippen molar-refractivity contribution in [3.63, 3.8) is 0 Å². The van der Waals surface area contributed by atoms with Crippen molar-refractivity contribution in [1.82, 2.24) is 10.3 Å². The van der Waals surface area contributed by atoms with Crippen LogP contribution in [0.4, 0.5) is 0 Å². The van der Waals surface area contributed by atoms with Gasteiger partial charge in [-0.15, -0.1) is 11.3 Å². The van der Waals surface area contributed by atoms with E-state index >= 15 is 0 Å². The second-order valence-corrected chi connectivity index (χ2v) is 6.62. The van der Waals surface area contributed by atoms with Crippen LogP contribution in [0.3, 0.4) is 0 Å². The molecule has 1 aromatic carbocycles. The average Bonchev–Trinajstić information content (AvgIpc) is 3.32. The lowest BCUT2D eigenvalue weighted by Crippen LogP contribution is -2.33. The summed E-state index contributed by atoms with van der Waals surface area (Å²) in [5, 5.41) is 5.59. The Balaban J connectivity index is 1.58. The number of ether oxygens (including phenoxy) is 1. The number of aromatic nitrogens is 1. The number of nitrogens with one attached hydrogen (secondary N) is 1. The lowest BCUT2D eigenvalue weighted by atomic mass is 10.1. The number of thiazole rings is 1. The third-order valence-electron chi connectivity index (χ3n) is 3.86. The molecular weight excluding hydrogens is 336 g/mol. The summed E-state index contributed by atoms with van der Waals surface area (Å²) in [6.45, 7) is 1.98. The van der Waals surface area contributed by atoms with E-state index in [0.717, 1.165) is 34.9 Å². The SMILES string of the molecule is COc1ccc(-c2nc(C(=O)NC(C)CCc3ccco3)cs2)cc1. The highest BCUT2D eigenvalue weighted by atomic mass is 32.1. The third kappa shape index (κ3) is 4.48. The van der Waals surface area contributed by atoms with Gasteiger partial charge in [0.2, 0.25) is 0 Å². The summed E-state index contributed by atoms with van der Waals surface area (Å²) in [5.74, 6) is 1.57. The molecule has 3 aromatic rings. The van der Waals surface area contributed by atoms with Gasteiger partial charge in [-0.2, -0.15) is 0 Å². The molecule has 2 heterocycles. The van der Waals surface area contributed by atoms with Gasteiger partial charge in [-0.05, 0) is 49.7 Å². The Morgan fingerprint density at radius 3 is 2.80 bits per heavy atom. The summed E-state index contributed by atoms with van der Waals surface area (Å²) in [7, 11) is 1.63. The van der Waals surface area contributed by atoms with Gasteiger partial charge in [0.1, 0.15) is 22.2 Å². The molecule has 0 fully saturated rings. The number of amides is 1. The number of hydrogen-bond acceptors (Lipinski definition) is 5. The first kappa shape index (κ1) is 17.2. The van der Waals surface area contributed by atoms with E-state index in [-0.39, 0.29) is 11.9 Å². The fourth-order valence-electron chi connectivity index (χ4n) is 2.43. The van der Waals surface area contributed by atoms with Crippen molar-refractivity contribution in [2.75, 3.05) is 7.11 Å². The molecule has 0 aliphatic heterocycles. The Morgan fingerprint density at radius 1 is 1.32 bits per heavy atom. The molecule has 1 unspecified atom stereocenters. The summed E-state index contributed by atoms with van der Waals surface area (Å²) in [6, 6.07) is 11.5. The van der Waals surface area contributed by atoms with Crippen molar-refractivity contribution in [2.24, 2.45) is 0 Å². The molecule has 6 heteroatoms. The molecule has 5 nitrogen and oxygen atoms in total. The molecule has 1 N–H and O–H groups in total. The smallest absolute Gasteiger partial charge is 0.270 e. The maximum Gasteiger partial charge on any atom is 0.270 e. The Kier molecular flexibility index (Phi) is 5.50. The average molecular weight is 356 g/mol. The number of nitrogens with zero attached hydrogens (tertiary/aromatic N) is 1. The lowest BCUT2D eigenvalue weighted by molar-refractivity contribution is 0.0934. The molecule has 0 spiro atoms. The van der Waals surface area contributed by atoms with E-state index in [1.54, 1.807) is 18.8 Å². The van der Waals surface area contributed by atoms with Gasteiger partial charge in [0.15, 0.2) is 0 Å².